The third kappa shape index (κ3) is 5.37. The van der Waals surface area contributed by atoms with Crippen molar-refractivity contribution in [2.45, 2.75) is 68.3 Å². The van der Waals surface area contributed by atoms with Crippen molar-refractivity contribution in [1.29, 1.82) is 0 Å². The molecule has 0 radical (unpaired) electrons. The maximum absolute atomic E-state index is 13.6. The van der Waals surface area contributed by atoms with Crippen molar-refractivity contribution < 1.29 is 69.3 Å². The van der Waals surface area contributed by atoms with Crippen LogP contribution < -0.4 is 10.2 Å². The monoisotopic (exact) mass is 594 g/mol. The lowest BCUT2D eigenvalue weighted by molar-refractivity contribution is -0.318. The molecule has 0 aliphatic carbocycles. The van der Waals surface area contributed by atoms with E-state index in [-0.39, 0.29) is 22.7 Å². The van der Waals surface area contributed by atoms with Gasteiger partial charge in [0.15, 0.2) is 12.1 Å². The van der Waals surface area contributed by atoms with Gasteiger partial charge in [0, 0.05) is 12.1 Å². The summed E-state index contributed by atoms with van der Waals surface area (Å²) in [5.74, 6) is -2.45. The molecule has 10 atom stereocenters. The Morgan fingerprint density at radius 3 is 2.17 bits per heavy atom. The molecule has 1 aromatic heterocycles. The van der Waals surface area contributed by atoms with Crippen LogP contribution >= 0.6 is 0 Å². The van der Waals surface area contributed by atoms with E-state index >= 15 is 0 Å². The van der Waals surface area contributed by atoms with Gasteiger partial charge in [0.05, 0.1) is 18.3 Å². The first-order chi connectivity index (χ1) is 19.9. The first-order valence-electron chi connectivity index (χ1n) is 12.9. The molecule has 2 aliphatic rings. The molecule has 15 heteroatoms. The number of phenols is 3. The number of fused-ring (bicyclic) bond motifs is 1. The average Bonchev–Trinajstić information content (AvgIpc) is 2.95. The molecule has 0 unspecified atom stereocenters. The Morgan fingerprint density at radius 1 is 0.786 bits per heavy atom. The molecule has 0 amide bonds. The highest BCUT2D eigenvalue weighted by atomic mass is 16.7. The minimum absolute atomic E-state index is 0.0431. The fourth-order valence-corrected chi connectivity index (χ4v) is 4.83. The second-order valence-electron chi connectivity index (χ2n) is 10.1. The van der Waals surface area contributed by atoms with Crippen molar-refractivity contribution in [2.75, 3.05) is 6.61 Å². The molecule has 2 aliphatic heterocycles. The third-order valence-corrected chi connectivity index (χ3v) is 7.20. The van der Waals surface area contributed by atoms with Gasteiger partial charge in [-0.3, -0.25) is 4.79 Å². The molecular weight excluding hydrogens is 564 g/mol. The van der Waals surface area contributed by atoms with Crippen LogP contribution in [0.15, 0.2) is 45.6 Å². The molecule has 228 valence electrons. The first kappa shape index (κ1) is 30.0. The van der Waals surface area contributed by atoms with Gasteiger partial charge < -0.3 is 69.3 Å². The zero-order valence-electron chi connectivity index (χ0n) is 21.9. The Kier molecular flexibility index (Phi) is 8.30. The number of benzene rings is 2. The fourth-order valence-electron chi connectivity index (χ4n) is 4.83. The van der Waals surface area contributed by atoms with Crippen molar-refractivity contribution >= 4 is 11.0 Å². The van der Waals surface area contributed by atoms with Crippen LogP contribution in [0.4, 0.5) is 0 Å². The topological polar surface area (TPSA) is 249 Å². The number of rotatable bonds is 6. The molecule has 3 heterocycles. The lowest BCUT2D eigenvalue weighted by atomic mass is 9.98. The molecule has 9 N–H and O–H groups in total. The summed E-state index contributed by atoms with van der Waals surface area (Å²) >= 11 is 0. The number of ether oxygens (including phenoxy) is 4. The molecule has 0 saturated carbocycles. The van der Waals surface area contributed by atoms with Crippen LogP contribution in [0.3, 0.4) is 0 Å². The summed E-state index contributed by atoms with van der Waals surface area (Å²) < 4.78 is 27.9. The van der Waals surface area contributed by atoms with Crippen LogP contribution in [0.25, 0.3) is 22.3 Å². The maximum Gasteiger partial charge on any atom is 0.239 e. The SMILES string of the molecule is C[C@@H]1O[C@@H](OC[C@@H]2O[C@@H](Oc3c(-c4ccccc4O)oc4cc(O)cc(O)c4c3=O)[C@H](O)[C@H](O)[C@@H]2O)[C@@H](O)[C@H](O)[C@H]1O. The smallest absolute Gasteiger partial charge is 0.239 e. The zero-order valence-corrected chi connectivity index (χ0v) is 21.9. The van der Waals surface area contributed by atoms with Crippen LogP contribution in [0.5, 0.6) is 23.0 Å². The van der Waals surface area contributed by atoms with Crippen LogP contribution in [-0.2, 0) is 14.2 Å². The molecule has 15 nitrogen and oxygen atoms in total. The average molecular weight is 595 g/mol. The van der Waals surface area contributed by atoms with E-state index in [1.165, 1.54) is 31.2 Å². The summed E-state index contributed by atoms with van der Waals surface area (Å²) in [7, 11) is 0. The Balaban J connectivity index is 1.47. The predicted molar refractivity (Wildman–Crippen MR) is 139 cm³/mol. The summed E-state index contributed by atoms with van der Waals surface area (Å²) in [6.07, 6.45) is -15.9. The van der Waals surface area contributed by atoms with E-state index in [1.54, 1.807) is 0 Å². The summed E-state index contributed by atoms with van der Waals surface area (Å²) in [6.45, 7) is 0.850. The van der Waals surface area contributed by atoms with Crippen molar-refractivity contribution in [3.63, 3.8) is 0 Å². The van der Waals surface area contributed by atoms with Crippen molar-refractivity contribution in [3.05, 3.63) is 46.6 Å². The fraction of sp³-hybridized carbons (Fsp3) is 0.444. The Hall–Kier alpha value is -3.51. The largest absolute Gasteiger partial charge is 0.508 e. The summed E-state index contributed by atoms with van der Waals surface area (Å²) in [6, 6.07) is 7.63. The number of aliphatic hydroxyl groups is 6. The van der Waals surface area contributed by atoms with E-state index in [4.69, 9.17) is 23.4 Å². The van der Waals surface area contributed by atoms with E-state index in [0.29, 0.717) is 0 Å². The van der Waals surface area contributed by atoms with Gasteiger partial charge in [-0.25, -0.2) is 0 Å². The highest BCUT2D eigenvalue weighted by Crippen LogP contribution is 2.40. The van der Waals surface area contributed by atoms with Gasteiger partial charge in [0.2, 0.25) is 17.5 Å². The highest BCUT2D eigenvalue weighted by molar-refractivity contribution is 5.88. The normalized spacial score (nSPS) is 33.5. The van der Waals surface area contributed by atoms with Gasteiger partial charge in [-0.05, 0) is 19.1 Å². The van der Waals surface area contributed by atoms with Gasteiger partial charge in [-0.15, -0.1) is 0 Å². The molecule has 42 heavy (non-hydrogen) atoms. The van der Waals surface area contributed by atoms with Crippen LogP contribution in [0.1, 0.15) is 6.92 Å². The maximum atomic E-state index is 13.6. The quantitative estimate of drug-likeness (QED) is 0.159. The standard InChI is InChI=1S/C27H30O15/c1-9-17(31)20(34)22(36)26(39-9)38-8-15-18(32)21(35)23(37)27(41-15)42-25-19(33)16-13(30)6-10(28)7-14(16)40-24(25)11-4-2-3-5-12(11)29/h2-7,9,15,17-18,20-23,26-32,34-37H,8H2,1H3/t9-,15-,17-,18+,20+,21+,22-,23+,26+,27-/m0/s1. The lowest BCUT2D eigenvalue weighted by Crippen LogP contribution is -2.61. The minimum Gasteiger partial charge on any atom is -0.508 e. The molecule has 5 rings (SSSR count). The molecule has 2 fully saturated rings. The van der Waals surface area contributed by atoms with E-state index in [2.05, 4.69) is 0 Å². The summed E-state index contributed by atoms with van der Waals surface area (Å²) in [4.78, 5) is 13.6. The summed E-state index contributed by atoms with van der Waals surface area (Å²) in [5, 5.41) is 92.1. The van der Waals surface area contributed by atoms with Gasteiger partial charge >= 0.3 is 0 Å². The Labute approximate surface area is 236 Å². The van der Waals surface area contributed by atoms with Gasteiger partial charge in [0.1, 0.15) is 70.9 Å². The summed E-state index contributed by atoms with van der Waals surface area (Å²) in [5.41, 5.74) is -1.29. The minimum atomic E-state index is -1.94. The van der Waals surface area contributed by atoms with Crippen LogP contribution in [-0.4, -0.2) is 114 Å². The number of aromatic hydroxyl groups is 3. The van der Waals surface area contributed by atoms with E-state index in [0.717, 1.165) is 12.1 Å². The van der Waals surface area contributed by atoms with Gasteiger partial charge in [-0.1, -0.05) is 12.1 Å². The van der Waals surface area contributed by atoms with Crippen LogP contribution in [0.2, 0.25) is 0 Å². The van der Waals surface area contributed by atoms with E-state index < -0.39 is 96.1 Å². The molecule has 2 saturated heterocycles. The second kappa shape index (κ2) is 11.6. The van der Waals surface area contributed by atoms with Crippen molar-refractivity contribution in [1.82, 2.24) is 0 Å². The molecule has 0 bridgehead atoms. The molecule has 3 aromatic rings. The predicted octanol–water partition coefficient (Wildman–Crippen LogP) is -1.39. The van der Waals surface area contributed by atoms with Crippen molar-refractivity contribution in [2.24, 2.45) is 0 Å². The number of hydrogen-bond donors (Lipinski definition) is 9. The molecule has 2 aromatic carbocycles. The Morgan fingerprint density at radius 2 is 1.45 bits per heavy atom. The van der Waals surface area contributed by atoms with Crippen LogP contribution in [0, 0.1) is 0 Å². The molecular formula is C27H30O15. The number of para-hydroxylation sites is 1. The second-order valence-corrected chi connectivity index (χ2v) is 10.1. The Bertz CT molecular complexity index is 1490. The number of aliphatic hydroxyl groups excluding tert-OH is 6. The molecule has 0 spiro atoms. The van der Waals surface area contributed by atoms with Gasteiger partial charge in [0.25, 0.3) is 0 Å². The van der Waals surface area contributed by atoms with Crippen molar-refractivity contribution in [3.8, 4) is 34.3 Å². The van der Waals surface area contributed by atoms with E-state index in [9.17, 15) is 50.8 Å². The number of phenolic OH excluding ortho intramolecular Hbond substituents is 3. The van der Waals surface area contributed by atoms with E-state index in [1.807, 2.05) is 0 Å². The van der Waals surface area contributed by atoms with Gasteiger partial charge in [-0.2, -0.15) is 0 Å². The zero-order chi connectivity index (χ0) is 30.5. The number of hydrogen-bond acceptors (Lipinski definition) is 15. The first-order valence-corrected chi connectivity index (χ1v) is 12.9. The highest BCUT2D eigenvalue weighted by Gasteiger charge is 2.47. The lowest BCUT2D eigenvalue weighted by Gasteiger charge is -2.42. The third-order valence-electron chi connectivity index (χ3n) is 7.20.